The zero-order valence-corrected chi connectivity index (χ0v) is 20.2. The Kier molecular flexibility index (Phi) is 6.04. The molecule has 5 rings (SSSR count). The third-order valence-corrected chi connectivity index (χ3v) is 6.44. The Hall–Kier alpha value is -3.69. The standard InChI is InChI=1S/C25H27F2N7O/c1-14-21(9-19-10-22(30-13-29-19)34-16(3)24(35-4)15(2)31-34)33(12-17-5-6-17)32-23(14)18-7-8-20(25(26)27)28-11-18/h7-8,10-11,13,17,25H,5-6,9,12H2,1-4H3. The molecule has 0 aliphatic heterocycles. The van der Waals surface area contributed by atoms with Crippen LogP contribution < -0.4 is 4.74 Å². The molecular weight excluding hydrogens is 452 g/mol. The van der Waals surface area contributed by atoms with Crippen molar-refractivity contribution in [1.82, 2.24) is 34.5 Å². The van der Waals surface area contributed by atoms with Crippen LogP contribution in [0, 0.1) is 26.7 Å². The van der Waals surface area contributed by atoms with Gasteiger partial charge in [0.05, 0.1) is 24.2 Å². The summed E-state index contributed by atoms with van der Waals surface area (Å²) in [4.78, 5) is 12.9. The van der Waals surface area contributed by atoms with Gasteiger partial charge in [-0.15, -0.1) is 0 Å². The molecule has 0 radical (unpaired) electrons. The van der Waals surface area contributed by atoms with Crippen LogP contribution in [0.2, 0.25) is 0 Å². The summed E-state index contributed by atoms with van der Waals surface area (Å²) in [6, 6.07) is 4.94. The number of halogens is 2. The van der Waals surface area contributed by atoms with Crippen LogP contribution in [0.3, 0.4) is 0 Å². The molecule has 0 atom stereocenters. The van der Waals surface area contributed by atoms with Gasteiger partial charge in [0.2, 0.25) is 0 Å². The van der Waals surface area contributed by atoms with Gasteiger partial charge in [-0.25, -0.2) is 23.4 Å². The van der Waals surface area contributed by atoms with Gasteiger partial charge in [0.25, 0.3) is 6.43 Å². The molecule has 0 bridgehead atoms. The van der Waals surface area contributed by atoms with Gasteiger partial charge in [-0.3, -0.25) is 9.67 Å². The summed E-state index contributed by atoms with van der Waals surface area (Å²) in [6.45, 7) is 6.67. The molecule has 0 amide bonds. The Bertz CT molecular complexity index is 1360. The van der Waals surface area contributed by atoms with E-state index in [2.05, 4.69) is 20.1 Å². The number of ether oxygens (including phenoxy) is 1. The number of methoxy groups -OCH3 is 1. The second-order valence-electron chi connectivity index (χ2n) is 8.98. The number of hydrogen-bond acceptors (Lipinski definition) is 6. The van der Waals surface area contributed by atoms with Gasteiger partial charge >= 0.3 is 0 Å². The van der Waals surface area contributed by atoms with Crippen molar-refractivity contribution in [1.29, 1.82) is 0 Å². The van der Waals surface area contributed by atoms with Gasteiger partial charge in [-0.1, -0.05) is 0 Å². The summed E-state index contributed by atoms with van der Waals surface area (Å²) in [5.41, 5.74) is 5.77. The maximum atomic E-state index is 13.0. The summed E-state index contributed by atoms with van der Waals surface area (Å²) in [6.07, 6.45) is 3.35. The van der Waals surface area contributed by atoms with Gasteiger partial charge in [0, 0.05) is 36.5 Å². The van der Waals surface area contributed by atoms with Crippen LogP contribution in [0.1, 0.15) is 53.3 Å². The normalized spacial score (nSPS) is 13.6. The molecule has 4 aromatic rings. The van der Waals surface area contributed by atoms with E-state index in [4.69, 9.17) is 9.84 Å². The second-order valence-corrected chi connectivity index (χ2v) is 8.98. The molecule has 35 heavy (non-hydrogen) atoms. The Labute approximate surface area is 202 Å². The van der Waals surface area contributed by atoms with Gasteiger partial charge in [0.1, 0.15) is 17.7 Å². The predicted octanol–water partition coefficient (Wildman–Crippen LogP) is 4.79. The minimum Gasteiger partial charge on any atom is -0.493 e. The van der Waals surface area contributed by atoms with Gasteiger partial charge in [-0.05, 0) is 57.2 Å². The average Bonchev–Trinajstić information content (AvgIpc) is 3.56. The molecule has 8 nitrogen and oxygen atoms in total. The van der Waals surface area contributed by atoms with E-state index in [9.17, 15) is 8.78 Å². The first-order chi connectivity index (χ1) is 16.9. The number of aromatic nitrogens is 7. The van der Waals surface area contributed by atoms with E-state index in [0.29, 0.717) is 18.2 Å². The zero-order valence-electron chi connectivity index (χ0n) is 20.2. The molecule has 4 heterocycles. The van der Waals surface area contributed by atoms with E-state index in [1.54, 1.807) is 24.2 Å². The molecule has 4 aromatic heterocycles. The zero-order chi connectivity index (χ0) is 24.7. The lowest BCUT2D eigenvalue weighted by atomic mass is 10.1. The number of pyridine rings is 1. The highest BCUT2D eigenvalue weighted by atomic mass is 19.3. The van der Waals surface area contributed by atoms with E-state index in [-0.39, 0.29) is 5.69 Å². The molecule has 0 spiro atoms. The smallest absolute Gasteiger partial charge is 0.280 e. The van der Waals surface area contributed by atoms with E-state index in [1.807, 2.05) is 31.5 Å². The van der Waals surface area contributed by atoms with Crippen molar-refractivity contribution in [2.24, 2.45) is 5.92 Å². The molecule has 1 saturated carbocycles. The number of aryl methyl sites for hydroxylation is 1. The first-order valence-corrected chi connectivity index (χ1v) is 11.6. The predicted molar refractivity (Wildman–Crippen MR) is 126 cm³/mol. The maximum absolute atomic E-state index is 13.0. The van der Waals surface area contributed by atoms with Crippen molar-refractivity contribution in [3.05, 3.63) is 64.8 Å². The summed E-state index contributed by atoms with van der Waals surface area (Å²) >= 11 is 0. The fraction of sp³-hybridized carbons (Fsp3) is 0.400. The highest BCUT2D eigenvalue weighted by Gasteiger charge is 2.26. The SMILES string of the molecule is COc1c(C)nn(-c2cc(Cc3c(C)c(-c4ccc(C(F)F)nc4)nn3CC3CC3)ncn2)c1C. The Morgan fingerprint density at radius 3 is 2.51 bits per heavy atom. The number of nitrogens with zero attached hydrogens (tertiary/aromatic N) is 7. The van der Waals surface area contributed by atoms with Crippen molar-refractivity contribution >= 4 is 0 Å². The van der Waals surface area contributed by atoms with Gasteiger partial charge in [-0.2, -0.15) is 10.2 Å². The molecule has 1 fully saturated rings. The van der Waals surface area contributed by atoms with Crippen molar-refractivity contribution in [2.45, 2.75) is 53.0 Å². The van der Waals surface area contributed by atoms with Crippen LogP contribution >= 0.6 is 0 Å². The number of hydrogen-bond donors (Lipinski definition) is 0. The lowest BCUT2D eigenvalue weighted by molar-refractivity contribution is 0.146. The van der Waals surface area contributed by atoms with Crippen LogP contribution in [0.4, 0.5) is 8.78 Å². The molecule has 1 aliphatic carbocycles. The highest BCUT2D eigenvalue weighted by molar-refractivity contribution is 5.63. The first kappa shape index (κ1) is 23.1. The van der Waals surface area contributed by atoms with E-state index in [1.165, 1.54) is 25.1 Å². The van der Waals surface area contributed by atoms with Crippen LogP contribution in [0.15, 0.2) is 30.7 Å². The highest BCUT2D eigenvalue weighted by Crippen LogP contribution is 2.34. The third-order valence-electron chi connectivity index (χ3n) is 6.44. The molecule has 0 saturated heterocycles. The topological polar surface area (TPSA) is 83.5 Å². The number of alkyl halides is 2. The van der Waals surface area contributed by atoms with Crippen LogP contribution in [0.5, 0.6) is 5.75 Å². The molecule has 1 aliphatic rings. The molecule has 0 unspecified atom stereocenters. The van der Waals surface area contributed by atoms with Crippen LogP contribution in [-0.4, -0.2) is 41.6 Å². The Balaban J connectivity index is 1.50. The second kappa shape index (κ2) is 9.16. The van der Waals surface area contributed by atoms with Gasteiger partial charge in [0.15, 0.2) is 11.6 Å². The monoisotopic (exact) mass is 479 g/mol. The molecule has 182 valence electrons. The van der Waals surface area contributed by atoms with Crippen LogP contribution in [-0.2, 0) is 13.0 Å². The maximum Gasteiger partial charge on any atom is 0.280 e. The summed E-state index contributed by atoms with van der Waals surface area (Å²) in [5.74, 6) is 2.01. The van der Waals surface area contributed by atoms with Crippen molar-refractivity contribution in [2.75, 3.05) is 7.11 Å². The van der Waals surface area contributed by atoms with Crippen molar-refractivity contribution in [3.63, 3.8) is 0 Å². The summed E-state index contributed by atoms with van der Waals surface area (Å²) in [7, 11) is 1.63. The summed E-state index contributed by atoms with van der Waals surface area (Å²) in [5, 5.41) is 9.43. The summed E-state index contributed by atoms with van der Waals surface area (Å²) < 4.78 is 35.2. The van der Waals surface area contributed by atoms with Crippen molar-refractivity contribution < 1.29 is 13.5 Å². The quantitative estimate of drug-likeness (QED) is 0.361. The Morgan fingerprint density at radius 1 is 1.09 bits per heavy atom. The Morgan fingerprint density at radius 2 is 1.89 bits per heavy atom. The molecular formula is C25H27F2N7O. The van der Waals surface area contributed by atoms with Crippen molar-refractivity contribution in [3.8, 4) is 22.8 Å². The molecule has 0 N–H and O–H groups in total. The lowest BCUT2D eigenvalue weighted by Gasteiger charge is -2.09. The van der Waals surface area contributed by atoms with E-state index < -0.39 is 6.43 Å². The van der Waals surface area contributed by atoms with E-state index in [0.717, 1.165) is 51.9 Å². The fourth-order valence-corrected chi connectivity index (χ4v) is 4.37. The largest absolute Gasteiger partial charge is 0.493 e. The van der Waals surface area contributed by atoms with E-state index >= 15 is 0 Å². The third kappa shape index (κ3) is 4.52. The number of rotatable bonds is 8. The van der Waals surface area contributed by atoms with Crippen LogP contribution in [0.25, 0.3) is 17.1 Å². The fourth-order valence-electron chi connectivity index (χ4n) is 4.37. The minimum absolute atomic E-state index is 0.238. The molecule has 0 aromatic carbocycles. The lowest BCUT2D eigenvalue weighted by Crippen LogP contribution is -2.10. The average molecular weight is 480 g/mol. The minimum atomic E-state index is -2.60. The molecule has 10 heteroatoms. The first-order valence-electron chi connectivity index (χ1n) is 11.6. The van der Waals surface area contributed by atoms with Gasteiger partial charge < -0.3 is 4.74 Å².